The van der Waals surface area contributed by atoms with E-state index in [2.05, 4.69) is 47.9 Å². The zero-order chi connectivity index (χ0) is 13.9. The van der Waals surface area contributed by atoms with Gasteiger partial charge in [-0.25, -0.2) is 5.84 Å². The Morgan fingerprint density at radius 2 is 1.70 bits per heavy atom. The molecule has 1 aliphatic rings. The molecule has 0 saturated heterocycles. The first kappa shape index (κ1) is 13.1. The highest BCUT2D eigenvalue weighted by Crippen LogP contribution is 2.38. The van der Waals surface area contributed by atoms with Crippen LogP contribution in [-0.4, -0.2) is 5.91 Å². The Bertz CT molecular complexity index is 610. The number of hydrazine groups is 1. The maximum absolute atomic E-state index is 11.6. The van der Waals surface area contributed by atoms with Gasteiger partial charge in [-0.2, -0.15) is 0 Å². The number of hydrogen-bond acceptors (Lipinski definition) is 2. The van der Waals surface area contributed by atoms with Crippen molar-refractivity contribution in [1.82, 2.24) is 5.43 Å². The standard InChI is InChI=1S/C17H20N2O/c18-19-17(20)14-10-8-13(9-11-14)16-7-3-5-12-4-1-2-6-15(12)16/h1-7,13-14H,8-11,18H2,(H,19,20). The molecule has 1 amide bonds. The molecule has 2 aromatic rings. The van der Waals surface area contributed by atoms with Crippen LogP contribution in [-0.2, 0) is 4.79 Å². The van der Waals surface area contributed by atoms with E-state index >= 15 is 0 Å². The third-order valence-electron chi connectivity index (χ3n) is 4.50. The molecule has 0 aromatic heterocycles. The summed E-state index contributed by atoms with van der Waals surface area (Å²) < 4.78 is 0. The van der Waals surface area contributed by atoms with Gasteiger partial charge in [0.2, 0.25) is 5.91 Å². The van der Waals surface area contributed by atoms with Gasteiger partial charge in [-0.1, -0.05) is 42.5 Å². The van der Waals surface area contributed by atoms with Crippen LogP contribution < -0.4 is 11.3 Å². The Morgan fingerprint density at radius 1 is 1.00 bits per heavy atom. The van der Waals surface area contributed by atoms with Crippen LogP contribution in [0.2, 0.25) is 0 Å². The number of nitrogens with one attached hydrogen (secondary N) is 1. The summed E-state index contributed by atoms with van der Waals surface area (Å²) in [6.45, 7) is 0. The van der Waals surface area contributed by atoms with Gasteiger partial charge >= 0.3 is 0 Å². The summed E-state index contributed by atoms with van der Waals surface area (Å²) in [7, 11) is 0. The molecule has 0 radical (unpaired) electrons. The fourth-order valence-corrected chi connectivity index (χ4v) is 3.39. The molecule has 0 aliphatic heterocycles. The fraction of sp³-hybridized carbons (Fsp3) is 0.353. The quantitative estimate of drug-likeness (QED) is 0.499. The molecule has 0 bridgehead atoms. The highest BCUT2D eigenvalue weighted by Gasteiger charge is 2.27. The van der Waals surface area contributed by atoms with Crippen molar-refractivity contribution in [2.75, 3.05) is 0 Å². The van der Waals surface area contributed by atoms with Crippen LogP contribution in [0.15, 0.2) is 42.5 Å². The van der Waals surface area contributed by atoms with Crippen molar-refractivity contribution in [3.63, 3.8) is 0 Å². The minimum atomic E-state index is -0.0126. The molecular formula is C17H20N2O. The third-order valence-corrected chi connectivity index (χ3v) is 4.50. The molecule has 1 fully saturated rings. The third kappa shape index (κ3) is 2.41. The van der Waals surface area contributed by atoms with E-state index in [0.29, 0.717) is 5.92 Å². The molecule has 0 heterocycles. The largest absolute Gasteiger partial charge is 0.294 e. The van der Waals surface area contributed by atoms with E-state index in [1.807, 2.05) is 0 Å². The lowest BCUT2D eigenvalue weighted by Crippen LogP contribution is -2.37. The van der Waals surface area contributed by atoms with Crippen LogP contribution >= 0.6 is 0 Å². The summed E-state index contributed by atoms with van der Waals surface area (Å²) in [6.07, 6.45) is 3.98. The summed E-state index contributed by atoms with van der Waals surface area (Å²) in [6, 6.07) is 15.1. The molecule has 20 heavy (non-hydrogen) atoms. The Morgan fingerprint density at radius 3 is 2.45 bits per heavy atom. The monoisotopic (exact) mass is 268 g/mol. The second kappa shape index (κ2) is 5.63. The maximum Gasteiger partial charge on any atom is 0.236 e. The predicted molar refractivity (Wildman–Crippen MR) is 81.0 cm³/mol. The summed E-state index contributed by atoms with van der Waals surface area (Å²) >= 11 is 0. The molecule has 0 unspecified atom stereocenters. The minimum absolute atomic E-state index is 0.0126. The van der Waals surface area contributed by atoms with Gasteiger partial charge < -0.3 is 0 Å². The van der Waals surface area contributed by atoms with E-state index in [1.54, 1.807) is 0 Å². The van der Waals surface area contributed by atoms with Crippen molar-refractivity contribution in [3.8, 4) is 0 Å². The highest BCUT2D eigenvalue weighted by atomic mass is 16.2. The molecule has 3 heteroatoms. The number of fused-ring (bicyclic) bond motifs is 1. The smallest absolute Gasteiger partial charge is 0.236 e. The van der Waals surface area contributed by atoms with Gasteiger partial charge in [0, 0.05) is 5.92 Å². The predicted octanol–water partition coefficient (Wildman–Crippen LogP) is 3.10. The van der Waals surface area contributed by atoms with Gasteiger partial charge in [-0.3, -0.25) is 10.2 Å². The van der Waals surface area contributed by atoms with Crippen LogP contribution in [0.4, 0.5) is 0 Å². The van der Waals surface area contributed by atoms with Crippen LogP contribution in [0, 0.1) is 5.92 Å². The first-order valence-corrected chi connectivity index (χ1v) is 7.27. The van der Waals surface area contributed by atoms with E-state index in [4.69, 9.17) is 5.84 Å². The number of rotatable bonds is 2. The van der Waals surface area contributed by atoms with Gasteiger partial charge in [0.15, 0.2) is 0 Å². The number of amides is 1. The number of nitrogens with two attached hydrogens (primary N) is 1. The number of hydrogen-bond donors (Lipinski definition) is 2. The Kier molecular flexibility index (Phi) is 3.70. The Balaban J connectivity index is 1.82. The summed E-state index contributed by atoms with van der Waals surface area (Å²) in [5.41, 5.74) is 3.71. The van der Waals surface area contributed by atoms with Crippen LogP contribution in [0.1, 0.15) is 37.2 Å². The van der Waals surface area contributed by atoms with Gasteiger partial charge in [-0.15, -0.1) is 0 Å². The fourth-order valence-electron chi connectivity index (χ4n) is 3.39. The van der Waals surface area contributed by atoms with E-state index in [-0.39, 0.29) is 11.8 Å². The van der Waals surface area contributed by atoms with Gasteiger partial charge in [0.05, 0.1) is 0 Å². The SMILES string of the molecule is NNC(=O)C1CCC(c2cccc3ccccc23)CC1. The molecule has 3 rings (SSSR count). The Labute approximate surface area is 119 Å². The molecule has 1 saturated carbocycles. The van der Waals surface area contributed by atoms with Crippen LogP contribution in [0.5, 0.6) is 0 Å². The second-order valence-electron chi connectivity index (χ2n) is 5.63. The zero-order valence-corrected chi connectivity index (χ0v) is 11.5. The summed E-state index contributed by atoms with van der Waals surface area (Å²) in [5.74, 6) is 5.86. The van der Waals surface area contributed by atoms with Crippen molar-refractivity contribution in [3.05, 3.63) is 48.0 Å². The number of carbonyl (C=O) groups is 1. The van der Waals surface area contributed by atoms with Gasteiger partial charge in [0.25, 0.3) is 0 Å². The van der Waals surface area contributed by atoms with Crippen molar-refractivity contribution in [2.45, 2.75) is 31.6 Å². The molecular weight excluding hydrogens is 248 g/mol. The minimum Gasteiger partial charge on any atom is -0.294 e. The molecule has 0 atom stereocenters. The summed E-state index contributed by atoms with van der Waals surface area (Å²) in [4.78, 5) is 11.6. The molecule has 2 aromatic carbocycles. The van der Waals surface area contributed by atoms with Crippen LogP contribution in [0.3, 0.4) is 0 Å². The van der Waals surface area contributed by atoms with Gasteiger partial charge in [0.1, 0.15) is 0 Å². The van der Waals surface area contributed by atoms with Crippen molar-refractivity contribution in [1.29, 1.82) is 0 Å². The van der Waals surface area contributed by atoms with Gasteiger partial charge in [-0.05, 0) is 47.9 Å². The average molecular weight is 268 g/mol. The lowest BCUT2D eigenvalue weighted by atomic mass is 9.77. The number of carbonyl (C=O) groups excluding carboxylic acids is 1. The molecule has 0 spiro atoms. The van der Waals surface area contributed by atoms with Crippen molar-refractivity contribution in [2.24, 2.45) is 11.8 Å². The average Bonchev–Trinajstić information content (AvgIpc) is 2.54. The van der Waals surface area contributed by atoms with E-state index in [0.717, 1.165) is 25.7 Å². The molecule has 3 nitrogen and oxygen atoms in total. The lowest BCUT2D eigenvalue weighted by molar-refractivity contribution is -0.126. The first-order valence-electron chi connectivity index (χ1n) is 7.27. The topological polar surface area (TPSA) is 55.1 Å². The first-order chi connectivity index (χ1) is 9.79. The maximum atomic E-state index is 11.6. The Hall–Kier alpha value is -1.87. The highest BCUT2D eigenvalue weighted by molar-refractivity contribution is 5.86. The zero-order valence-electron chi connectivity index (χ0n) is 11.5. The lowest BCUT2D eigenvalue weighted by Gasteiger charge is -2.28. The van der Waals surface area contributed by atoms with E-state index < -0.39 is 0 Å². The number of benzene rings is 2. The van der Waals surface area contributed by atoms with E-state index in [9.17, 15) is 4.79 Å². The normalized spacial score (nSPS) is 22.6. The van der Waals surface area contributed by atoms with Crippen LogP contribution in [0.25, 0.3) is 10.8 Å². The molecule has 3 N–H and O–H groups in total. The second-order valence-corrected chi connectivity index (χ2v) is 5.63. The van der Waals surface area contributed by atoms with E-state index in [1.165, 1.54) is 16.3 Å². The van der Waals surface area contributed by atoms with Crippen molar-refractivity contribution < 1.29 is 4.79 Å². The summed E-state index contributed by atoms with van der Waals surface area (Å²) in [5, 5.41) is 2.65. The molecule has 104 valence electrons. The van der Waals surface area contributed by atoms with Crippen molar-refractivity contribution >= 4 is 16.7 Å². The molecule has 1 aliphatic carbocycles.